The van der Waals surface area contributed by atoms with Crippen molar-refractivity contribution >= 4 is 12.0 Å². The van der Waals surface area contributed by atoms with Gasteiger partial charge in [0, 0.05) is 51.7 Å². The van der Waals surface area contributed by atoms with Gasteiger partial charge in [-0.15, -0.1) is 10.2 Å². The maximum absolute atomic E-state index is 12.9. The summed E-state index contributed by atoms with van der Waals surface area (Å²) in [5.41, 5.74) is 0.696. The third-order valence-corrected chi connectivity index (χ3v) is 5.44. The SMILES string of the molecule is CN(C)C(=O)N1CCC2(CCn3c2nnc(-c2ccncc2)c3=O)C1.O=C(O)C(F)(F)F. The number of amides is 2. The molecule has 2 aliphatic heterocycles. The van der Waals surface area contributed by atoms with Gasteiger partial charge in [0.05, 0.1) is 5.41 Å². The Kier molecular flexibility index (Phi) is 6.19. The zero-order valence-electron chi connectivity index (χ0n) is 17.3. The molecule has 32 heavy (non-hydrogen) atoms. The van der Waals surface area contributed by atoms with E-state index in [1.165, 1.54) is 0 Å². The van der Waals surface area contributed by atoms with Crippen molar-refractivity contribution in [2.24, 2.45) is 0 Å². The molecular formula is C19H21F3N6O4. The molecule has 1 N–H and O–H groups in total. The second kappa shape index (κ2) is 8.55. The van der Waals surface area contributed by atoms with Gasteiger partial charge in [-0.05, 0) is 25.0 Å². The molecule has 4 heterocycles. The summed E-state index contributed by atoms with van der Waals surface area (Å²) < 4.78 is 33.5. The molecule has 172 valence electrons. The molecule has 10 nitrogen and oxygen atoms in total. The summed E-state index contributed by atoms with van der Waals surface area (Å²) in [6.07, 6.45) is -0.182. The minimum atomic E-state index is -5.08. The molecule has 0 aliphatic carbocycles. The lowest BCUT2D eigenvalue weighted by molar-refractivity contribution is -0.192. The normalized spacial score (nSPS) is 19.3. The van der Waals surface area contributed by atoms with Crippen molar-refractivity contribution in [1.82, 2.24) is 29.5 Å². The highest BCUT2D eigenvalue weighted by atomic mass is 19.4. The standard InChI is InChI=1S/C17H20N6O2.C2HF3O2/c1-21(2)16(25)22-9-5-17(11-22)6-10-23-14(24)13(19-20-15(17)23)12-3-7-18-8-4-12;3-2(4,5)1(6)7/h3-4,7-8H,5-6,9-11H2,1-2H3;(H,6,7). The summed E-state index contributed by atoms with van der Waals surface area (Å²) in [6.45, 7) is 1.89. The number of halogens is 3. The van der Waals surface area contributed by atoms with Crippen molar-refractivity contribution in [3.63, 3.8) is 0 Å². The molecule has 2 aliphatic rings. The molecule has 1 fully saturated rings. The van der Waals surface area contributed by atoms with Crippen LogP contribution in [0.15, 0.2) is 29.3 Å². The van der Waals surface area contributed by atoms with Gasteiger partial charge in [0.25, 0.3) is 5.56 Å². The van der Waals surface area contributed by atoms with Crippen molar-refractivity contribution in [3.8, 4) is 11.3 Å². The lowest BCUT2D eigenvalue weighted by atomic mass is 9.85. The molecule has 0 radical (unpaired) electrons. The van der Waals surface area contributed by atoms with E-state index in [1.807, 2.05) is 4.90 Å². The predicted molar refractivity (Wildman–Crippen MR) is 105 cm³/mol. The van der Waals surface area contributed by atoms with E-state index in [2.05, 4.69) is 15.2 Å². The van der Waals surface area contributed by atoms with Gasteiger partial charge in [-0.3, -0.25) is 14.3 Å². The number of rotatable bonds is 1. The van der Waals surface area contributed by atoms with E-state index < -0.39 is 12.1 Å². The topological polar surface area (TPSA) is 122 Å². The van der Waals surface area contributed by atoms with Crippen molar-refractivity contribution in [2.45, 2.75) is 31.0 Å². The molecule has 1 atom stereocenters. The van der Waals surface area contributed by atoms with Gasteiger partial charge in [0.1, 0.15) is 5.82 Å². The van der Waals surface area contributed by atoms with E-state index in [4.69, 9.17) is 9.90 Å². The zero-order chi connectivity index (χ0) is 23.7. The number of hydrogen-bond acceptors (Lipinski definition) is 6. The number of pyridine rings is 1. The number of aromatic nitrogens is 4. The van der Waals surface area contributed by atoms with E-state index in [0.717, 1.165) is 18.4 Å². The number of hydrogen-bond donors (Lipinski definition) is 1. The van der Waals surface area contributed by atoms with Crippen LogP contribution >= 0.6 is 0 Å². The highest BCUT2D eigenvalue weighted by Crippen LogP contribution is 2.40. The van der Waals surface area contributed by atoms with Crippen LogP contribution in [0.5, 0.6) is 0 Å². The molecular weight excluding hydrogens is 433 g/mol. The Hall–Kier alpha value is -3.51. The van der Waals surface area contributed by atoms with Crippen LogP contribution in [-0.4, -0.2) is 80.0 Å². The Bertz CT molecular complexity index is 1070. The van der Waals surface area contributed by atoms with Gasteiger partial charge in [-0.1, -0.05) is 0 Å². The largest absolute Gasteiger partial charge is 0.490 e. The number of alkyl halides is 3. The van der Waals surface area contributed by atoms with Crippen LogP contribution < -0.4 is 5.56 Å². The third kappa shape index (κ3) is 4.41. The smallest absolute Gasteiger partial charge is 0.475 e. The molecule has 13 heteroatoms. The minimum absolute atomic E-state index is 0.000892. The van der Waals surface area contributed by atoms with Crippen molar-refractivity contribution in [2.75, 3.05) is 27.2 Å². The first-order chi connectivity index (χ1) is 15.0. The molecule has 0 saturated carbocycles. The van der Waals surface area contributed by atoms with Crippen LogP contribution in [0.1, 0.15) is 18.7 Å². The van der Waals surface area contributed by atoms with Gasteiger partial charge in [-0.25, -0.2) is 9.59 Å². The predicted octanol–water partition coefficient (Wildman–Crippen LogP) is 1.36. The van der Waals surface area contributed by atoms with Crippen molar-refractivity contribution < 1.29 is 27.9 Å². The maximum Gasteiger partial charge on any atom is 0.490 e. The Labute approximate surface area is 180 Å². The molecule has 2 aromatic heterocycles. The number of carboxylic acid groups (broad SMARTS) is 1. The van der Waals surface area contributed by atoms with Crippen molar-refractivity contribution in [3.05, 3.63) is 40.7 Å². The molecule has 4 rings (SSSR count). The van der Waals surface area contributed by atoms with E-state index >= 15 is 0 Å². The Balaban J connectivity index is 0.000000360. The highest BCUT2D eigenvalue weighted by molar-refractivity contribution is 5.74. The monoisotopic (exact) mass is 454 g/mol. The summed E-state index contributed by atoms with van der Waals surface area (Å²) in [4.78, 5) is 41.4. The second-order valence-corrected chi connectivity index (χ2v) is 7.75. The van der Waals surface area contributed by atoms with E-state index in [9.17, 15) is 22.8 Å². The molecule has 0 bridgehead atoms. The number of aliphatic carboxylic acids is 1. The number of likely N-dealkylation sites (tertiary alicyclic amines) is 1. The van der Waals surface area contributed by atoms with E-state index in [-0.39, 0.29) is 17.0 Å². The number of urea groups is 1. The summed E-state index contributed by atoms with van der Waals surface area (Å²) in [6, 6.07) is 3.52. The molecule has 1 unspecified atom stereocenters. The number of carboxylic acids is 1. The third-order valence-electron chi connectivity index (χ3n) is 5.44. The molecule has 2 amide bonds. The Morgan fingerprint density at radius 3 is 2.28 bits per heavy atom. The molecule has 2 aromatic rings. The number of carbonyl (C=O) groups is 2. The maximum atomic E-state index is 12.9. The van der Waals surface area contributed by atoms with Crippen LogP contribution in [0.25, 0.3) is 11.3 Å². The van der Waals surface area contributed by atoms with Crippen molar-refractivity contribution in [1.29, 1.82) is 0 Å². The fourth-order valence-corrected chi connectivity index (χ4v) is 3.85. The summed E-state index contributed by atoms with van der Waals surface area (Å²) in [5, 5.41) is 15.8. The fraction of sp³-hybridized carbons (Fsp3) is 0.474. The Morgan fingerprint density at radius 2 is 1.72 bits per heavy atom. The van der Waals surface area contributed by atoms with Crippen LogP contribution in [0.2, 0.25) is 0 Å². The van der Waals surface area contributed by atoms with Gasteiger partial charge >= 0.3 is 18.2 Å². The molecule has 0 aromatic carbocycles. The molecule has 1 spiro atoms. The summed E-state index contributed by atoms with van der Waals surface area (Å²) in [5.74, 6) is -2.04. The highest BCUT2D eigenvalue weighted by Gasteiger charge is 2.48. The minimum Gasteiger partial charge on any atom is -0.475 e. The van der Waals surface area contributed by atoms with Gasteiger partial charge in [0.2, 0.25) is 0 Å². The van der Waals surface area contributed by atoms with Crippen LogP contribution in [0.4, 0.5) is 18.0 Å². The van der Waals surface area contributed by atoms with Gasteiger partial charge < -0.3 is 14.9 Å². The van der Waals surface area contributed by atoms with E-state index in [0.29, 0.717) is 31.2 Å². The lowest BCUT2D eigenvalue weighted by Gasteiger charge is -2.25. The van der Waals surface area contributed by atoms with E-state index in [1.54, 1.807) is 48.1 Å². The van der Waals surface area contributed by atoms with Gasteiger partial charge in [0.15, 0.2) is 5.69 Å². The summed E-state index contributed by atoms with van der Waals surface area (Å²) in [7, 11) is 3.50. The summed E-state index contributed by atoms with van der Waals surface area (Å²) >= 11 is 0. The quantitative estimate of drug-likeness (QED) is 0.691. The first kappa shape index (κ1) is 23.2. The lowest BCUT2D eigenvalue weighted by Crippen LogP contribution is -2.40. The average molecular weight is 454 g/mol. The molecule has 1 saturated heterocycles. The first-order valence-electron chi connectivity index (χ1n) is 9.61. The van der Waals surface area contributed by atoms with Crippen LogP contribution in [0.3, 0.4) is 0 Å². The van der Waals surface area contributed by atoms with Gasteiger partial charge in [-0.2, -0.15) is 13.2 Å². The van der Waals surface area contributed by atoms with Crippen LogP contribution in [0, 0.1) is 0 Å². The number of nitrogens with zero attached hydrogens (tertiary/aromatic N) is 6. The number of carbonyl (C=O) groups excluding carboxylic acids is 1. The van der Waals surface area contributed by atoms with Crippen LogP contribution in [-0.2, 0) is 16.8 Å². The Morgan fingerprint density at radius 1 is 1.12 bits per heavy atom. The average Bonchev–Trinajstić information content (AvgIpc) is 3.33. The second-order valence-electron chi connectivity index (χ2n) is 7.75. The zero-order valence-corrected chi connectivity index (χ0v) is 17.3. The number of fused-ring (bicyclic) bond motifs is 2. The fourth-order valence-electron chi connectivity index (χ4n) is 3.85. The first-order valence-corrected chi connectivity index (χ1v) is 9.61.